The quantitative estimate of drug-likeness (QED) is 0.876. The molecule has 0 aliphatic heterocycles. The van der Waals surface area contributed by atoms with Gasteiger partial charge in [0, 0.05) is 11.3 Å². The zero-order valence-electron chi connectivity index (χ0n) is 11.5. The summed E-state index contributed by atoms with van der Waals surface area (Å²) in [5, 5.41) is 3.35. The Morgan fingerprint density at radius 3 is 2.53 bits per heavy atom. The van der Waals surface area contributed by atoms with Crippen molar-refractivity contribution in [3.63, 3.8) is 0 Å². The van der Waals surface area contributed by atoms with E-state index in [1.54, 1.807) is 19.1 Å². The van der Waals surface area contributed by atoms with Crippen LogP contribution in [0.25, 0.3) is 0 Å². The number of thioether (sulfide) groups is 1. The third-order valence-electron chi connectivity index (χ3n) is 3.90. The Bertz CT molecular complexity index is 531. The van der Waals surface area contributed by atoms with E-state index >= 15 is 0 Å². The van der Waals surface area contributed by atoms with Crippen molar-refractivity contribution in [1.29, 1.82) is 0 Å². The van der Waals surface area contributed by atoms with E-state index in [0.717, 1.165) is 12.2 Å². The molecule has 0 amide bonds. The zero-order chi connectivity index (χ0) is 13.9. The van der Waals surface area contributed by atoms with Crippen LogP contribution in [0.1, 0.15) is 26.2 Å². The second-order valence-corrected chi connectivity index (χ2v) is 8.51. The summed E-state index contributed by atoms with van der Waals surface area (Å²) in [6, 6.07) is 7.20. The Morgan fingerprint density at radius 2 is 2.00 bits per heavy atom. The lowest BCUT2D eigenvalue weighted by Gasteiger charge is -2.40. The minimum Gasteiger partial charge on any atom is -0.383 e. The van der Waals surface area contributed by atoms with Crippen molar-refractivity contribution in [2.24, 2.45) is 0 Å². The van der Waals surface area contributed by atoms with Gasteiger partial charge in [-0.25, -0.2) is 8.42 Å². The van der Waals surface area contributed by atoms with Crippen molar-refractivity contribution in [2.45, 2.75) is 35.8 Å². The number of hydrogen-bond acceptors (Lipinski definition) is 4. The maximum absolute atomic E-state index is 12.1. The summed E-state index contributed by atoms with van der Waals surface area (Å²) in [7, 11) is -3.16. The fourth-order valence-electron chi connectivity index (χ4n) is 2.32. The third-order valence-corrected chi connectivity index (χ3v) is 7.11. The monoisotopic (exact) mass is 299 g/mol. The molecule has 1 aromatic rings. The lowest BCUT2D eigenvalue weighted by molar-refractivity contribution is 0.379. The van der Waals surface area contributed by atoms with Gasteiger partial charge in [0.05, 0.1) is 16.3 Å². The molecule has 1 saturated carbocycles. The maximum atomic E-state index is 12.1. The highest BCUT2D eigenvalue weighted by atomic mass is 32.2. The van der Waals surface area contributed by atoms with Gasteiger partial charge in [-0.2, -0.15) is 11.8 Å². The molecule has 1 aliphatic rings. The van der Waals surface area contributed by atoms with Crippen LogP contribution in [0.2, 0.25) is 0 Å². The fraction of sp³-hybridized carbons (Fsp3) is 0.571. The molecule has 0 unspecified atom stereocenters. The molecule has 0 atom stereocenters. The summed E-state index contributed by atoms with van der Waals surface area (Å²) in [6.45, 7) is 2.52. The Kier molecular flexibility index (Phi) is 4.46. The van der Waals surface area contributed by atoms with E-state index in [2.05, 4.69) is 11.6 Å². The number of sulfone groups is 1. The van der Waals surface area contributed by atoms with E-state index in [9.17, 15) is 8.42 Å². The molecule has 106 valence electrons. The van der Waals surface area contributed by atoms with Crippen LogP contribution >= 0.6 is 11.8 Å². The average molecular weight is 299 g/mol. The molecule has 1 fully saturated rings. The van der Waals surface area contributed by atoms with E-state index in [1.807, 2.05) is 23.9 Å². The van der Waals surface area contributed by atoms with Gasteiger partial charge < -0.3 is 5.32 Å². The first-order valence-electron chi connectivity index (χ1n) is 6.64. The van der Waals surface area contributed by atoms with E-state index in [0.29, 0.717) is 9.64 Å². The van der Waals surface area contributed by atoms with Crippen LogP contribution in [0, 0.1) is 0 Å². The van der Waals surface area contributed by atoms with Crippen molar-refractivity contribution in [2.75, 3.05) is 23.9 Å². The molecular weight excluding hydrogens is 278 g/mol. The summed E-state index contributed by atoms with van der Waals surface area (Å²) >= 11 is 1.89. The highest BCUT2D eigenvalue weighted by Crippen LogP contribution is 2.43. The number of para-hydroxylation sites is 1. The summed E-state index contributed by atoms with van der Waals surface area (Å²) in [5.41, 5.74) is 0.740. The molecule has 0 aromatic heterocycles. The van der Waals surface area contributed by atoms with Gasteiger partial charge in [-0.1, -0.05) is 25.5 Å². The van der Waals surface area contributed by atoms with Crippen molar-refractivity contribution in [1.82, 2.24) is 0 Å². The van der Waals surface area contributed by atoms with Crippen molar-refractivity contribution < 1.29 is 8.42 Å². The topological polar surface area (TPSA) is 46.2 Å². The smallest absolute Gasteiger partial charge is 0.180 e. The standard InChI is InChI=1S/C14H21NO2S2/c1-3-19(16,17)13-8-5-4-7-12(13)15-11-14(18-2)9-6-10-14/h4-5,7-8,15H,3,6,9-11H2,1-2H3. The van der Waals surface area contributed by atoms with E-state index in [1.165, 1.54) is 19.3 Å². The molecule has 2 rings (SSSR count). The first-order chi connectivity index (χ1) is 9.03. The Balaban J connectivity index is 2.17. The molecule has 0 saturated heterocycles. The molecular formula is C14H21NO2S2. The second-order valence-electron chi connectivity index (χ2n) is 4.99. The van der Waals surface area contributed by atoms with Crippen LogP contribution in [0.5, 0.6) is 0 Å². The van der Waals surface area contributed by atoms with Crippen LogP contribution in [-0.2, 0) is 9.84 Å². The molecule has 0 spiro atoms. The van der Waals surface area contributed by atoms with Gasteiger partial charge in [-0.05, 0) is 31.2 Å². The lowest BCUT2D eigenvalue weighted by atomic mass is 9.84. The minimum atomic E-state index is -3.16. The van der Waals surface area contributed by atoms with E-state index in [4.69, 9.17) is 0 Å². The first kappa shape index (κ1) is 14.7. The number of benzene rings is 1. The van der Waals surface area contributed by atoms with Crippen LogP contribution < -0.4 is 5.32 Å². The van der Waals surface area contributed by atoms with Crippen molar-refractivity contribution >= 4 is 27.3 Å². The zero-order valence-corrected chi connectivity index (χ0v) is 13.1. The Morgan fingerprint density at radius 1 is 1.32 bits per heavy atom. The first-order valence-corrected chi connectivity index (χ1v) is 9.51. The second kappa shape index (κ2) is 5.75. The maximum Gasteiger partial charge on any atom is 0.180 e. The van der Waals surface area contributed by atoms with Gasteiger partial charge >= 0.3 is 0 Å². The predicted molar refractivity (Wildman–Crippen MR) is 82.8 cm³/mol. The van der Waals surface area contributed by atoms with Gasteiger partial charge in [-0.3, -0.25) is 0 Å². The number of nitrogens with one attached hydrogen (secondary N) is 1. The van der Waals surface area contributed by atoms with Crippen LogP contribution in [0.3, 0.4) is 0 Å². The van der Waals surface area contributed by atoms with Crippen LogP contribution in [-0.4, -0.2) is 31.7 Å². The van der Waals surface area contributed by atoms with Crippen LogP contribution in [0.15, 0.2) is 29.2 Å². The molecule has 0 heterocycles. The van der Waals surface area contributed by atoms with Crippen molar-refractivity contribution in [3.05, 3.63) is 24.3 Å². The molecule has 19 heavy (non-hydrogen) atoms. The van der Waals surface area contributed by atoms with Gasteiger partial charge in [-0.15, -0.1) is 0 Å². The number of hydrogen-bond donors (Lipinski definition) is 1. The van der Waals surface area contributed by atoms with E-state index < -0.39 is 9.84 Å². The van der Waals surface area contributed by atoms with Gasteiger partial charge in [0.25, 0.3) is 0 Å². The van der Waals surface area contributed by atoms with Crippen LogP contribution in [0.4, 0.5) is 5.69 Å². The molecule has 1 aliphatic carbocycles. The Labute approximate surface area is 120 Å². The van der Waals surface area contributed by atoms with Gasteiger partial charge in [0.1, 0.15) is 0 Å². The largest absolute Gasteiger partial charge is 0.383 e. The molecule has 1 N–H and O–H groups in total. The van der Waals surface area contributed by atoms with Gasteiger partial charge in [0.2, 0.25) is 0 Å². The molecule has 5 heteroatoms. The highest BCUT2D eigenvalue weighted by molar-refractivity contribution is 8.00. The summed E-state index contributed by atoms with van der Waals surface area (Å²) in [5.74, 6) is 0.138. The normalized spacial score (nSPS) is 17.8. The summed E-state index contributed by atoms with van der Waals surface area (Å²) in [4.78, 5) is 0.424. The fourth-order valence-corrected chi connectivity index (χ4v) is 4.31. The van der Waals surface area contributed by atoms with E-state index in [-0.39, 0.29) is 5.75 Å². The Hall–Kier alpha value is -0.680. The molecule has 3 nitrogen and oxygen atoms in total. The lowest BCUT2D eigenvalue weighted by Crippen LogP contribution is -2.40. The summed E-state index contributed by atoms with van der Waals surface area (Å²) in [6.07, 6.45) is 5.83. The third kappa shape index (κ3) is 3.08. The SMILES string of the molecule is CCS(=O)(=O)c1ccccc1NCC1(SC)CCC1. The van der Waals surface area contributed by atoms with Gasteiger partial charge in [0.15, 0.2) is 9.84 Å². The average Bonchev–Trinajstić information content (AvgIpc) is 2.38. The van der Waals surface area contributed by atoms with Crippen molar-refractivity contribution in [3.8, 4) is 0 Å². The molecule has 0 radical (unpaired) electrons. The molecule has 0 bridgehead atoms. The highest BCUT2D eigenvalue weighted by Gasteiger charge is 2.36. The predicted octanol–water partition coefficient (Wildman–Crippen LogP) is 3.18. The number of anilines is 1. The molecule has 1 aromatic carbocycles. The number of rotatable bonds is 6. The minimum absolute atomic E-state index is 0.138. The summed E-state index contributed by atoms with van der Waals surface area (Å²) < 4.78 is 24.4.